The van der Waals surface area contributed by atoms with Gasteiger partial charge in [-0.2, -0.15) is 11.8 Å². The highest BCUT2D eigenvalue weighted by Gasteiger charge is 2.19. The Labute approximate surface area is 128 Å². The van der Waals surface area contributed by atoms with E-state index in [0.717, 1.165) is 40.3 Å². The summed E-state index contributed by atoms with van der Waals surface area (Å²) in [6.07, 6.45) is 3.23. The van der Waals surface area contributed by atoms with Crippen molar-refractivity contribution >= 4 is 27.7 Å². The Bertz CT molecular complexity index is 401. The third kappa shape index (κ3) is 4.29. The second-order valence-corrected chi connectivity index (χ2v) is 5.87. The lowest BCUT2D eigenvalue weighted by atomic mass is 10.1. The molecule has 1 atom stereocenters. The van der Waals surface area contributed by atoms with Crippen molar-refractivity contribution in [3.63, 3.8) is 0 Å². The smallest absolute Gasteiger partial charge is 0.141 e. The molecule has 0 bridgehead atoms. The molecule has 0 aromatic heterocycles. The lowest BCUT2D eigenvalue weighted by Crippen LogP contribution is -2.24. The van der Waals surface area contributed by atoms with E-state index < -0.39 is 0 Å². The fraction of sp³-hybridized carbons (Fsp3) is 0.571. The lowest BCUT2D eigenvalue weighted by Gasteiger charge is -2.22. The van der Waals surface area contributed by atoms with E-state index in [4.69, 9.17) is 9.47 Å². The minimum atomic E-state index is 0.284. The van der Waals surface area contributed by atoms with Gasteiger partial charge < -0.3 is 14.8 Å². The predicted molar refractivity (Wildman–Crippen MR) is 86.7 cm³/mol. The molecular formula is C14H22BrNO2S. The topological polar surface area (TPSA) is 30.5 Å². The summed E-state index contributed by atoms with van der Waals surface area (Å²) in [4.78, 5) is 0. The van der Waals surface area contributed by atoms with E-state index in [-0.39, 0.29) is 6.04 Å². The maximum atomic E-state index is 5.55. The molecule has 3 nitrogen and oxygen atoms in total. The second-order valence-electron chi connectivity index (χ2n) is 4.17. The fourth-order valence-electron chi connectivity index (χ4n) is 1.94. The van der Waals surface area contributed by atoms with Crippen LogP contribution < -0.4 is 14.8 Å². The first-order valence-corrected chi connectivity index (χ1v) is 8.50. The van der Waals surface area contributed by atoms with Gasteiger partial charge in [0.25, 0.3) is 0 Å². The summed E-state index contributed by atoms with van der Waals surface area (Å²) < 4.78 is 11.7. The molecule has 1 aromatic carbocycles. The van der Waals surface area contributed by atoms with E-state index in [1.807, 2.05) is 17.8 Å². The van der Waals surface area contributed by atoms with Gasteiger partial charge >= 0.3 is 0 Å². The Balaban J connectivity index is 3.10. The quantitative estimate of drug-likeness (QED) is 0.773. The maximum Gasteiger partial charge on any atom is 0.141 e. The van der Waals surface area contributed by atoms with Crippen molar-refractivity contribution in [1.29, 1.82) is 0 Å². The number of thioether (sulfide) groups is 1. The van der Waals surface area contributed by atoms with E-state index in [1.165, 1.54) is 0 Å². The summed E-state index contributed by atoms with van der Waals surface area (Å²) >= 11 is 5.38. The van der Waals surface area contributed by atoms with Gasteiger partial charge in [0.2, 0.25) is 0 Å². The third-order valence-corrected chi connectivity index (χ3v) is 4.28. The number of halogens is 1. The molecule has 0 aliphatic carbocycles. The van der Waals surface area contributed by atoms with Crippen LogP contribution in [0.15, 0.2) is 16.6 Å². The molecule has 1 N–H and O–H groups in total. The number of hydrogen-bond donors (Lipinski definition) is 1. The summed E-state index contributed by atoms with van der Waals surface area (Å²) in [5.41, 5.74) is 1.16. The van der Waals surface area contributed by atoms with Crippen LogP contribution in [0.5, 0.6) is 11.5 Å². The normalized spacial score (nSPS) is 12.3. The van der Waals surface area contributed by atoms with Crippen LogP contribution in [0.2, 0.25) is 0 Å². The average molecular weight is 348 g/mol. The molecule has 0 spiro atoms. The van der Waals surface area contributed by atoms with Gasteiger partial charge in [-0.1, -0.05) is 6.92 Å². The van der Waals surface area contributed by atoms with Gasteiger partial charge in [-0.3, -0.25) is 0 Å². The molecule has 0 aliphatic rings. The molecule has 0 saturated heterocycles. The molecule has 1 rings (SSSR count). The molecular weight excluding hydrogens is 326 g/mol. The minimum Gasteiger partial charge on any atom is -0.495 e. The highest BCUT2D eigenvalue weighted by atomic mass is 79.9. The van der Waals surface area contributed by atoms with Crippen molar-refractivity contribution in [2.75, 3.05) is 32.8 Å². The standard InChI is InChI=1S/C14H22BrNO2S/c1-5-8-16-11(9-19-4)10-6-7-12(17-2)13(15)14(10)18-3/h6-7,11,16H,5,8-9H2,1-4H3. The summed E-state index contributed by atoms with van der Waals surface area (Å²) in [6.45, 7) is 3.17. The van der Waals surface area contributed by atoms with Crippen molar-refractivity contribution < 1.29 is 9.47 Å². The zero-order valence-electron chi connectivity index (χ0n) is 12.0. The Kier molecular flexibility index (Phi) is 7.64. The predicted octanol–water partition coefficient (Wildman–Crippen LogP) is 3.87. The zero-order valence-corrected chi connectivity index (χ0v) is 14.4. The van der Waals surface area contributed by atoms with Gasteiger partial charge in [-0.25, -0.2) is 0 Å². The van der Waals surface area contributed by atoms with E-state index in [1.54, 1.807) is 14.2 Å². The van der Waals surface area contributed by atoms with E-state index in [2.05, 4.69) is 40.5 Å². The summed E-state index contributed by atoms with van der Waals surface area (Å²) in [6, 6.07) is 4.33. The third-order valence-electron chi connectivity index (χ3n) is 2.87. The molecule has 0 fully saturated rings. The van der Waals surface area contributed by atoms with Gasteiger partial charge in [0.15, 0.2) is 0 Å². The number of methoxy groups -OCH3 is 2. The number of rotatable bonds is 8. The van der Waals surface area contributed by atoms with Gasteiger partial charge in [-0.05, 0) is 47.3 Å². The lowest BCUT2D eigenvalue weighted by molar-refractivity contribution is 0.381. The van der Waals surface area contributed by atoms with Crippen molar-refractivity contribution in [2.45, 2.75) is 19.4 Å². The van der Waals surface area contributed by atoms with Crippen LogP contribution in [0.3, 0.4) is 0 Å². The van der Waals surface area contributed by atoms with Crippen molar-refractivity contribution in [2.24, 2.45) is 0 Å². The van der Waals surface area contributed by atoms with E-state index >= 15 is 0 Å². The van der Waals surface area contributed by atoms with Crippen molar-refractivity contribution in [1.82, 2.24) is 5.32 Å². The fourth-order valence-corrected chi connectivity index (χ4v) is 3.25. The first-order valence-electron chi connectivity index (χ1n) is 6.32. The van der Waals surface area contributed by atoms with Crippen LogP contribution in [0, 0.1) is 0 Å². The second kappa shape index (κ2) is 8.72. The Hall–Kier alpha value is -0.390. The van der Waals surface area contributed by atoms with Crippen molar-refractivity contribution in [3.05, 3.63) is 22.2 Å². The molecule has 0 radical (unpaired) electrons. The number of ether oxygens (including phenoxy) is 2. The number of benzene rings is 1. The van der Waals surface area contributed by atoms with Gasteiger partial charge in [0.1, 0.15) is 16.0 Å². The van der Waals surface area contributed by atoms with Crippen LogP contribution >= 0.6 is 27.7 Å². The molecule has 0 aliphatic heterocycles. The number of hydrogen-bond acceptors (Lipinski definition) is 4. The van der Waals surface area contributed by atoms with Crippen LogP contribution in [0.25, 0.3) is 0 Å². The average Bonchev–Trinajstić information content (AvgIpc) is 2.43. The summed E-state index contributed by atoms with van der Waals surface area (Å²) in [5.74, 6) is 2.65. The van der Waals surface area contributed by atoms with Crippen LogP contribution in [-0.4, -0.2) is 32.8 Å². The van der Waals surface area contributed by atoms with Gasteiger partial charge in [-0.15, -0.1) is 0 Å². The monoisotopic (exact) mass is 347 g/mol. The summed E-state index contributed by atoms with van der Waals surface area (Å²) in [5, 5.41) is 3.56. The molecule has 1 unspecified atom stereocenters. The Morgan fingerprint density at radius 1 is 1.32 bits per heavy atom. The molecule has 19 heavy (non-hydrogen) atoms. The molecule has 108 valence electrons. The summed E-state index contributed by atoms with van der Waals surface area (Å²) in [7, 11) is 3.35. The SMILES string of the molecule is CCCNC(CSC)c1ccc(OC)c(Br)c1OC. The van der Waals surface area contributed by atoms with E-state index in [9.17, 15) is 0 Å². The zero-order chi connectivity index (χ0) is 14.3. The van der Waals surface area contributed by atoms with E-state index in [0.29, 0.717) is 0 Å². The Morgan fingerprint density at radius 2 is 2.05 bits per heavy atom. The molecule has 0 amide bonds. The highest BCUT2D eigenvalue weighted by Crippen LogP contribution is 2.40. The first-order chi connectivity index (χ1) is 9.19. The van der Waals surface area contributed by atoms with Crippen LogP contribution in [0.4, 0.5) is 0 Å². The molecule has 5 heteroatoms. The molecule has 0 saturated carbocycles. The highest BCUT2D eigenvalue weighted by molar-refractivity contribution is 9.10. The Morgan fingerprint density at radius 3 is 2.58 bits per heavy atom. The number of nitrogens with one attached hydrogen (secondary N) is 1. The minimum absolute atomic E-state index is 0.284. The van der Waals surface area contributed by atoms with Crippen LogP contribution in [-0.2, 0) is 0 Å². The van der Waals surface area contributed by atoms with Gasteiger partial charge in [0.05, 0.1) is 14.2 Å². The molecule has 0 heterocycles. The first kappa shape index (κ1) is 16.7. The molecule has 1 aromatic rings. The van der Waals surface area contributed by atoms with Gasteiger partial charge in [0, 0.05) is 17.4 Å². The van der Waals surface area contributed by atoms with Crippen LogP contribution in [0.1, 0.15) is 24.9 Å². The van der Waals surface area contributed by atoms with Crippen molar-refractivity contribution in [3.8, 4) is 11.5 Å². The largest absolute Gasteiger partial charge is 0.495 e. The maximum absolute atomic E-state index is 5.55.